The largest absolute Gasteiger partial charge is 0.508 e. The Morgan fingerprint density at radius 2 is 1.21 bits per heavy atom. The average Bonchev–Trinajstić information content (AvgIpc) is 3.11. The van der Waals surface area contributed by atoms with Crippen LogP contribution in [0.5, 0.6) is 11.5 Å². The van der Waals surface area contributed by atoms with Gasteiger partial charge in [-0.2, -0.15) is 0 Å². The molecule has 0 fully saturated rings. The van der Waals surface area contributed by atoms with Crippen molar-refractivity contribution in [2.24, 2.45) is 0 Å². The first kappa shape index (κ1) is 43.5. The van der Waals surface area contributed by atoms with Crippen LogP contribution in [0.1, 0.15) is 60.8 Å². The molecule has 3 aromatic rings. The first-order valence-electron chi connectivity index (χ1n) is 17.8. The highest BCUT2D eigenvalue weighted by molar-refractivity contribution is 6.31. The lowest BCUT2D eigenvalue weighted by Crippen LogP contribution is -2.25. The van der Waals surface area contributed by atoms with Gasteiger partial charge in [-0.3, -0.25) is 14.6 Å². The van der Waals surface area contributed by atoms with E-state index in [0.29, 0.717) is 107 Å². The van der Waals surface area contributed by atoms with Gasteiger partial charge in [0.1, 0.15) is 35.2 Å². The summed E-state index contributed by atoms with van der Waals surface area (Å²) in [6, 6.07) is 16.3. The first-order valence-corrected chi connectivity index (χ1v) is 18.1. The van der Waals surface area contributed by atoms with Crippen molar-refractivity contribution >= 4 is 29.3 Å². The predicted molar refractivity (Wildman–Crippen MR) is 199 cm³/mol. The Morgan fingerprint density at radius 3 is 1.79 bits per heavy atom. The van der Waals surface area contributed by atoms with Gasteiger partial charge in [-0.25, -0.2) is 4.79 Å². The van der Waals surface area contributed by atoms with Gasteiger partial charge >= 0.3 is 6.16 Å². The van der Waals surface area contributed by atoms with Crippen LogP contribution in [-0.4, -0.2) is 101 Å². The molecule has 0 N–H and O–H groups in total. The fourth-order valence-electron chi connectivity index (χ4n) is 4.68. The van der Waals surface area contributed by atoms with Crippen LogP contribution in [0.4, 0.5) is 4.79 Å². The number of Topliss-reactive ketones (excluding diaryl/α,β-unsaturated/α-hetero) is 2. The molecule has 0 bridgehead atoms. The minimum absolute atomic E-state index is 0.0985. The Balaban J connectivity index is 1.15. The zero-order valence-electron chi connectivity index (χ0n) is 31.2. The highest BCUT2D eigenvalue weighted by atomic mass is 35.5. The summed E-state index contributed by atoms with van der Waals surface area (Å²) >= 11 is 6.09. The molecule has 0 aliphatic heterocycles. The Bertz CT molecular complexity index is 1540. The number of ketones is 2. The summed E-state index contributed by atoms with van der Waals surface area (Å²) in [7, 11) is 0. The third-order valence-electron chi connectivity index (χ3n) is 7.22. The van der Waals surface area contributed by atoms with Crippen molar-refractivity contribution < 1.29 is 52.3 Å². The van der Waals surface area contributed by atoms with E-state index < -0.39 is 11.8 Å². The van der Waals surface area contributed by atoms with Crippen molar-refractivity contribution in [1.29, 1.82) is 0 Å². The zero-order chi connectivity index (χ0) is 38.3. The van der Waals surface area contributed by atoms with Crippen LogP contribution in [0.3, 0.4) is 0 Å². The van der Waals surface area contributed by atoms with Crippen molar-refractivity contribution in [3.63, 3.8) is 0 Å². The van der Waals surface area contributed by atoms with Crippen molar-refractivity contribution in [3.8, 4) is 11.5 Å². The van der Waals surface area contributed by atoms with E-state index in [0.717, 1.165) is 16.7 Å². The molecule has 12 nitrogen and oxygen atoms in total. The number of nitrogens with zero attached hydrogens (tertiary/aromatic N) is 1. The lowest BCUT2D eigenvalue weighted by atomic mass is 10.0. The van der Waals surface area contributed by atoms with E-state index >= 15 is 0 Å². The molecular formula is C40H52ClNO11. The molecule has 0 atom stereocenters. The number of benzene rings is 2. The summed E-state index contributed by atoms with van der Waals surface area (Å²) in [6.45, 7) is 11.4. The molecule has 0 aliphatic rings. The minimum atomic E-state index is -0.714. The average molecular weight is 758 g/mol. The molecule has 2 aromatic carbocycles. The second-order valence-corrected chi connectivity index (χ2v) is 13.4. The molecule has 1 heterocycles. The summed E-state index contributed by atoms with van der Waals surface area (Å²) in [4.78, 5) is 40.9. The fraction of sp³-hybridized carbons (Fsp3) is 0.500. The fourth-order valence-corrected chi connectivity index (χ4v) is 4.80. The van der Waals surface area contributed by atoms with Crippen LogP contribution < -0.4 is 4.74 Å². The van der Waals surface area contributed by atoms with Crippen LogP contribution in [0.2, 0.25) is 5.02 Å². The van der Waals surface area contributed by atoms with Gasteiger partial charge in [0.25, 0.3) is 0 Å². The van der Waals surface area contributed by atoms with Crippen molar-refractivity contribution in [3.05, 3.63) is 88.2 Å². The molecule has 1 aromatic heterocycles. The lowest BCUT2D eigenvalue weighted by molar-refractivity contribution is -0.117. The summed E-state index contributed by atoms with van der Waals surface area (Å²) < 4.78 is 43.2. The molecule has 0 aliphatic carbocycles. The van der Waals surface area contributed by atoms with Crippen molar-refractivity contribution in [1.82, 2.24) is 4.98 Å². The number of carbonyl (C=O) groups is 3. The van der Waals surface area contributed by atoms with E-state index in [4.69, 9.17) is 49.5 Å². The Morgan fingerprint density at radius 1 is 0.660 bits per heavy atom. The minimum Gasteiger partial charge on any atom is -0.457 e. The van der Waals surface area contributed by atoms with E-state index in [1.165, 1.54) is 0 Å². The topological polar surface area (TPSA) is 138 Å². The SMILES string of the molecule is Cc1cc(CC(=O)Cc2ccc(Oc3ccnc(C(=O)CCCOCCOCCOCCOCCOCCOC(=O)OC(C)(C)C)c3)cc2)ccc1Cl. The van der Waals surface area contributed by atoms with Crippen LogP contribution in [-0.2, 0) is 50.8 Å². The molecule has 13 heteroatoms. The number of hydrogen-bond donors (Lipinski definition) is 0. The van der Waals surface area contributed by atoms with Crippen LogP contribution in [0.15, 0.2) is 60.8 Å². The lowest BCUT2D eigenvalue weighted by Gasteiger charge is -2.18. The van der Waals surface area contributed by atoms with Crippen LogP contribution >= 0.6 is 11.6 Å². The highest BCUT2D eigenvalue weighted by Gasteiger charge is 2.17. The molecule has 0 radical (unpaired) electrons. The number of aryl methyl sites for hydroxylation is 1. The normalized spacial score (nSPS) is 11.3. The number of ether oxygens (including phenoxy) is 8. The Hall–Kier alpha value is -3.91. The smallest absolute Gasteiger partial charge is 0.457 e. The Labute approximate surface area is 317 Å². The summed E-state index contributed by atoms with van der Waals surface area (Å²) in [5.41, 5.74) is 2.52. The van der Waals surface area contributed by atoms with Gasteiger partial charge in [-0.15, -0.1) is 0 Å². The Kier molecular flexibility index (Phi) is 20.0. The number of carbonyl (C=O) groups excluding carboxylic acids is 3. The molecule has 290 valence electrons. The van der Waals surface area contributed by atoms with Gasteiger partial charge in [0, 0.05) is 43.2 Å². The van der Waals surface area contributed by atoms with Crippen molar-refractivity contribution in [2.75, 3.05) is 72.7 Å². The molecule has 0 amide bonds. The van der Waals surface area contributed by atoms with E-state index in [9.17, 15) is 14.4 Å². The van der Waals surface area contributed by atoms with Gasteiger partial charge < -0.3 is 37.9 Å². The van der Waals surface area contributed by atoms with Gasteiger partial charge in [-0.05, 0) is 75.1 Å². The summed E-state index contributed by atoms with van der Waals surface area (Å²) in [5.74, 6) is 1.11. The van der Waals surface area contributed by atoms with E-state index in [1.54, 1.807) is 51.2 Å². The second-order valence-electron chi connectivity index (χ2n) is 13.0. The monoisotopic (exact) mass is 757 g/mol. The molecule has 0 saturated heterocycles. The molecule has 0 saturated carbocycles. The molecule has 0 unspecified atom stereocenters. The van der Waals surface area contributed by atoms with Gasteiger partial charge in [-0.1, -0.05) is 35.9 Å². The standard InChI is InChI=1S/C40H52ClNO11/c1-30-26-32(9-12-36(30)41)28-33(43)27-31-7-10-34(11-8-31)52-35-13-14-42-37(29-35)38(44)6-5-15-46-16-17-47-18-19-48-20-21-49-22-23-50-24-25-51-39(45)53-40(2,3)4/h7-14,26,29H,5-6,15-25,27-28H2,1-4H3. The molecular weight excluding hydrogens is 706 g/mol. The molecule has 3 rings (SSSR count). The maximum atomic E-state index is 12.7. The summed E-state index contributed by atoms with van der Waals surface area (Å²) in [6.07, 6.45) is 2.34. The first-order chi connectivity index (χ1) is 25.5. The van der Waals surface area contributed by atoms with Crippen molar-refractivity contribution in [2.45, 2.75) is 59.0 Å². The maximum Gasteiger partial charge on any atom is 0.508 e. The van der Waals surface area contributed by atoms with Gasteiger partial charge in [0.2, 0.25) is 0 Å². The predicted octanol–water partition coefficient (Wildman–Crippen LogP) is 7.19. The van der Waals surface area contributed by atoms with E-state index in [1.807, 2.05) is 37.3 Å². The quantitative estimate of drug-likeness (QED) is 0.0466. The molecule has 0 spiro atoms. The maximum absolute atomic E-state index is 12.7. The van der Waals surface area contributed by atoms with Gasteiger partial charge in [0.05, 0.1) is 59.5 Å². The zero-order valence-corrected chi connectivity index (χ0v) is 32.0. The van der Waals surface area contributed by atoms with E-state index in [2.05, 4.69) is 4.98 Å². The van der Waals surface area contributed by atoms with Crippen LogP contribution in [0.25, 0.3) is 0 Å². The number of halogens is 1. The number of aromatic nitrogens is 1. The number of hydrogen-bond acceptors (Lipinski definition) is 12. The third kappa shape index (κ3) is 19.7. The van der Waals surface area contributed by atoms with Gasteiger partial charge in [0.15, 0.2) is 5.78 Å². The number of pyridine rings is 1. The van der Waals surface area contributed by atoms with E-state index in [-0.39, 0.29) is 24.8 Å². The highest BCUT2D eigenvalue weighted by Crippen LogP contribution is 2.23. The number of rotatable bonds is 26. The molecule has 53 heavy (non-hydrogen) atoms. The second kappa shape index (κ2) is 24.4. The summed E-state index contributed by atoms with van der Waals surface area (Å²) in [5, 5.41) is 0.688. The third-order valence-corrected chi connectivity index (χ3v) is 7.64. The van der Waals surface area contributed by atoms with Crippen LogP contribution in [0, 0.1) is 6.92 Å².